The number of benzene rings is 2. The van der Waals surface area contributed by atoms with Gasteiger partial charge in [-0.05, 0) is 62.6 Å². The minimum atomic E-state index is -3.38. The van der Waals surface area contributed by atoms with E-state index < -0.39 is 20.9 Å². The van der Waals surface area contributed by atoms with Gasteiger partial charge in [-0.1, -0.05) is 12.1 Å². The zero-order valence-electron chi connectivity index (χ0n) is 14.2. The van der Waals surface area contributed by atoms with Gasteiger partial charge in [0.1, 0.15) is 5.82 Å². The molecule has 25 heavy (non-hydrogen) atoms. The molecule has 0 spiro atoms. The number of aryl methyl sites for hydroxylation is 1. The number of hydrogen-bond acceptors (Lipinski definition) is 3. The molecule has 0 N–H and O–H groups in total. The first-order valence-corrected chi connectivity index (χ1v) is 9.80. The van der Waals surface area contributed by atoms with Crippen LogP contribution >= 0.6 is 0 Å². The summed E-state index contributed by atoms with van der Waals surface area (Å²) in [6.07, 6.45) is 1.50. The second-order valence-corrected chi connectivity index (χ2v) is 8.93. The number of nitrogens with zero attached hydrogens (tertiary/aromatic N) is 1. The lowest BCUT2D eigenvalue weighted by Crippen LogP contribution is -2.36. The zero-order valence-corrected chi connectivity index (χ0v) is 15.0. The molecule has 0 unspecified atom stereocenters. The van der Waals surface area contributed by atoms with Crippen molar-refractivity contribution in [2.45, 2.75) is 36.8 Å². The van der Waals surface area contributed by atoms with Gasteiger partial charge in [0.15, 0.2) is 9.84 Å². The lowest BCUT2D eigenvalue weighted by atomic mass is 10.0. The molecule has 0 fully saturated rings. The summed E-state index contributed by atoms with van der Waals surface area (Å²) in [6.45, 7) is 3.67. The highest BCUT2D eigenvalue weighted by Crippen LogP contribution is 2.31. The summed E-state index contributed by atoms with van der Waals surface area (Å²) in [6, 6.07) is 10.7. The van der Waals surface area contributed by atoms with Gasteiger partial charge >= 0.3 is 0 Å². The number of carbonyl (C=O) groups is 1. The molecule has 132 valence electrons. The van der Waals surface area contributed by atoms with Crippen LogP contribution in [0.2, 0.25) is 0 Å². The average Bonchev–Trinajstić information content (AvgIpc) is 2.61. The van der Waals surface area contributed by atoms with Crippen molar-refractivity contribution in [3.63, 3.8) is 0 Å². The largest absolute Gasteiger partial charge is 0.305 e. The number of para-hydroxylation sites is 1. The van der Waals surface area contributed by atoms with E-state index in [0.29, 0.717) is 17.8 Å². The summed E-state index contributed by atoms with van der Waals surface area (Å²) in [4.78, 5) is 14.4. The van der Waals surface area contributed by atoms with E-state index in [2.05, 4.69) is 0 Å². The molecule has 0 atom stereocenters. The molecule has 2 aromatic carbocycles. The van der Waals surface area contributed by atoms with E-state index in [1.54, 1.807) is 19.9 Å². The predicted molar refractivity (Wildman–Crippen MR) is 95.2 cm³/mol. The van der Waals surface area contributed by atoms with Gasteiger partial charge in [-0.15, -0.1) is 0 Å². The Morgan fingerprint density at radius 2 is 1.80 bits per heavy atom. The first kappa shape index (κ1) is 17.6. The van der Waals surface area contributed by atoms with Gasteiger partial charge in [-0.2, -0.15) is 0 Å². The molecule has 1 heterocycles. The Labute approximate surface area is 147 Å². The number of amides is 1. The molecule has 0 saturated heterocycles. The molecule has 2 aromatic rings. The van der Waals surface area contributed by atoms with E-state index in [-0.39, 0.29) is 10.8 Å². The summed E-state index contributed by atoms with van der Waals surface area (Å²) in [7, 11) is -3.38. The third-order valence-corrected chi connectivity index (χ3v) is 6.63. The highest BCUT2D eigenvalue weighted by molar-refractivity contribution is 7.92. The van der Waals surface area contributed by atoms with Crippen molar-refractivity contribution >= 4 is 21.4 Å². The Hall–Kier alpha value is -2.21. The Bertz CT molecular complexity index is 905. The quantitative estimate of drug-likeness (QED) is 0.839. The van der Waals surface area contributed by atoms with Gasteiger partial charge in [0.25, 0.3) is 5.91 Å². The van der Waals surface area contributed by atoms with Crippen LogP contribution in [0.5, 0.6) is 0 Å². The topological polar surface area (TPSA) is 54.5 Å². The maximum Gasteiger partial charge on any atom is 0.258 e. The number of halogens is 1. The van der Waals surface area contributed by atoms with E-state index in [4.69, 9.17) is 0 Å². The number of sulfone groups is 1. The van der Waals surface area contributed by atoms with Crippen molar-refractivity contribution < 1.29 is 17.6 Å². The third-order valence-electron chi connectivity index (χ3n) is 4.46. The minimum Gasteiger partial charge on any atom is -0.305 e. The Balaban J connectivity index is 1.93. The minimum absolute atomic E-state index is 0.185. The van der Waals surface area contributed by atoms with Crippen molar-refractivity contribution in [2.24, 2.45) is 0 Å². The van der Waals surface area contributed by atoms with Crippen molar-refractivity contribution in [3.8, 4) is 0 Å². The third kappa shape index (κ3) is 3.18. The maximum atomic E-state index is 14.2. The average molecular weight is 361 g/mol. The fourth-order valence-electron chi connectivity index (χ4n) is 3.02. The number of hydrogen-bond donors (Lipinski definition) is 0. The number of carbonyl (C=O) groups excluding carboxylic acids is 1. The monoisotopic (exact) mass is 361 g/mol. The molecular formula is C19H20FNO3S. The van der Waals surface area contributed by atoms with Gasteiger partial charge in [0, 0.05) is 12.1 Å². The molecule has 0 bridgehead atoms. The van der Waals surface area contributed by atoms with E-state index in [1.807, 2.05) is 6.07 Å². The fourth-order valence-corrected chi connectivity index (χ4v) is 4.08. The zero-order chi connectivity index (χ0) is 18.2. The number of fused-ring (bicyclic) bond motifs is 1. The Morgan fingerprint density at radius 3 is 2.44 bits per heavy atom. The molecule has 1 aliphatic rings. The fraction of sp³-hybridized carbons (Fsp3) is 0.316. The van der Waals surface area contributed by atoms with Crippen LogP contribution in [0.15, 0.2) is 47.4 Å². The molecule has 0 radical (unpaired) electrons. The van der Waals surface area contributed by atoms with Crippen molar-refractivity contribution in [2.75, 3.05) is 11.4 Å². The van der Waals surface area contributed by atoms with Crippen molar-refractivity contribution in [3.05, 3.63) is 59.4 Å². The highest BCUT2D eigenvalue weighted by Gasteiger charge is 2.27. The molecular weight excluding hydrogens is 341 g/mol. The van der Waals surface area contributed by atoms with Crippen LogP contribution in [0.3, 0.4) is 0 Å². The normalized spacial score (nSPS) is 14.5. The van der Waals surface area contributed by atoms with E-state index >= 15 is 0 Å². The molecule has 0 saturated carbocycles. The van der Waals surface area contributed by atoms with Gasteiger partial charge in [-0.3, -0.25) is 4.79 Å². The smallest absolute Gasteiger partial charge is 0.258 e. The summed E-state index contributed by atoms with van der Waals surface area (Å²) >= 11 is 0. The summed E-state index contributed by atoms with van der Waals surface area (Å²) in [5, 5.41) is -0.530. The van der Waals surface area contributed by atoms with Gasteiger partial charge in [-0.25, -0.2) is 12.8 Å². The van der Waals surface area contributed by atoms with Gasteiger partial charge < -0.3 is 4.90 Å². The SMILES string of the molecule is CC(C)S(=O)(=O)c1ccc(C(=O)N2CCCc3cccc(F)c32)cc1. The van der Waals surface area contributed by atoms with E-state index in [0.717, 1.165) is 18.4 Å². The van der Waals surface area contributed by atoms with Crippen LogP contribution in [0.4, 0.5) is 10.1 Å². The molecule has 0 aromatic heterocycles. The van der Waals surface area contributed by atoms with Crippen LogP contribution in [-0.2, 0) is 16.3 Å². The van der Waals surface area contributed by atoms with Crippen LogP contribution in [0.25, 0.3) is 0 Å². The van der Waals surface area contributed by atoms with Crippen LogP contribution < -0.4 is 4.90 Å². The highest BCUT2D eigenvalue weighted by atomic mass is 32.2. The lowest BCUT2D eigenvalue weighted by molar-refractivity contribution is 0.0984. The summed E-state index contributed by atoms with van der Waals surface area (Å²) in [5.74, 6) is -0.732. The first-order valence-electron chi connectivity index (χ1n) is 8.25. The number of rotatable bonds is 3. The second kappa shape index (κ2) is 6.59. The second-order valence-electron chi connectivity index (χ2n) is 6.43. The summed E-state index contributed by atoms with van der Waals surface area (Å²) < 4.78 is 38.6. The summed E-state index contributed by atoms with van der Waals surface area (Å²) in [5.41, 5.74) is 1.50. The molecule has 0 aliphatic carbocycles. The predicted octanol–water partition coefficient (Wildman–Crippen LogP) is 3.60. The molecule has 3 rings (SSSR count). The van der Waals surface area contributed by atoms with Crippen molar-refractivity contribution in [1.82, 2.24) is 0 Å². The van der Waals surface area contributed by atoms with Crippen LogP contribution in [0.1, 0.15) is 36.2 Å². The maximum absolute atomic E-state index is 14.2. The Kier molecular flexibility index (Phi) is 4.64. The van der Waals surface area contributed by atoms with E-state index in [9.17, 15) is 17.6 Å². The van der Waals surface area contributed by atoms with Gasteiger partial charge in [0.05, 0.1) is 15.8 Å². The molecule has 1 aliphatic heterocycles. The lowest BCUT2D eigenvalue weighted by Gasteiger charge is -2.30. The van der Waals surface area contributed by atoms with Gasteiger partial charge in [0.2, 0.25) is 0 Å². The molecule has 1 amide bonds. The standard InChI is InChI=1S/C19H20FNO3S/c1-13(2)25(23,24)16-10-8-15(9-11-16)19(22)21-12-4-6-14-5-3-7-17(20)18(14)21/h3,5,7-11,13H,4,6,12H2,1-2H3. The molecule has 4 nitrogen and oxygen atoms in total. The van der Waals surface area contributed by atoms with Crippen molar-refractivity contribution in [1.29, 1.82) is 0 Å². The van der Waals surface area contributed by atoms with E-state index in [1.165, 1.54) is 35.2 Å². The van der Waals surface area contributed by atoms with Crippen LogP contribution in [0, 0.1) is 5.82 Å². The Morgan fingerprint density at radius 1 is 1.12 bits per heavy atom. The molecule has 6 heteroatoms. The first-order chi connectivity index (χ1) is 11.8. The van der Waals surface area contributed by atoms with Crippen LogP contribution in [-0.4, -0.2) is 26.1 Å². The number of anilines is 1.